The van der Waals surface area contributed by atoms with Gasteiger partial charge in [-0.1, -0.05) is 5.92 Å². The molecule has 1 rings (SSSR count). The summed E-state index contributed by atoms with van der Waals surface area (Å²) < 4.78 is 1.22. The summed E-state index contributed by atoms with van der Waals surface area (Å²) in [6.07, 6.45) is 4.96. The SMILES string of the molecule is C#CCn1c(O)ccc1O. The molecule has 1 heterocycles. The van der Waals surface area contributed by atoms with Gasteiger partial charge in [0.2, 0.25) is 0 Å². The fourth-order valence-electron chi connectivity index (χ4n) is 0.700. The molecule has 0 saturated heterocycles. The summed E-state index contributed by atoms with van der Waals surface area (Å²) in [6.45, 7) is 0.185. The third-order valence-electron chi connectivity index (χ3n) is 1.18. The average molecular weight is 137 g/mol. The van der Waals surface area contributed by atoms with Crippen LogP contribution in [0, 0.1) is 12.3 Å². The van der Waals surface area contributed by atoms with Crippen LogP contribution in [-0.2, 0) is 6.54 Å². The van der Waals surface area contributed by atoms with Gasteiger partial charge in [-0.15, -0.1) is 6.42 Å². The van der Waals surface area contributed by atoms with Crippen molar-refractivity contribution in [2.45, 2.75) is 6.54 Å². The van der Waals surface area contributed by atoms with E-state index in [-0.39, 0.29) is 18.3 Å². The van der Waals surface area contributed by atoms with Crippen LogP contribution in [0.2, 0.25) is 0 Å². The number of hydrogen-bond donors (Lipinski definition) is 2. The molecule has 0 aliphatic rings. The second kappa shape index (κ2) is 2.36. The van der Waals surface area contributed by atoms with Crippen molar-refractivity contribution in [3.05, 3.63) is 12.1 Å². The van der Waals surface area contributed by atoms with Crippen LogP contribution >= 0.6 is 0 Å². The molecule has 0 fully saturated rings. The van der Waals surface area contributed by atoms with Gasteiger partial charge >= 0.3 is 0 Å². The van der Waals surface area contributed by atoms with Crippen LogP contribution in [0.1, 0.15) is 0 Å². The summed E-state index contributed by atoms with van der Waals surface area (Å²) in [5.74, 6) is 2.26. The average Bonchev–Trinajstić information content (AvgIpc) is 2.20. The molecule has 10 heavy (non-hydrogen) atoms. The Hall–Kier alpha value is -1.56. The zero-order valence-corrected chi connectivity index (χ0v) is 5.28. The maximum atomic E-state index is 8.97. The van der Waals surface area contributed by atoms with E-state index in [1.165, 1.54) is 16.7 Å². The molecule has 52 valence electrons. The first-order valence-electron chi connectivity index (χ1n) is 2.76. The maximum Gasteiger partial charge on any atom is 0.194 e. The molecule has 0 saturated carbocycles. The van der Waals surface area contributed by atoms with Crippen molar-refractivity contribution in [3.63, 3.8) is 0 Å². The molecule has 3 nitrogen and oxygen atoms in total. The molecule has 0 radical (unpaired) electrons. The Kier molecular flexibility index (Phi) is 1.55. The van der Waals surface area contributed by atoms with Gasteiger partial charge in [0.25, 0.3) is 0 Å². The van der Waals surface area contributed by atoms with E-state index >= 15 is 0 Å². The van der Waals surface area contributed by atoms with Crippen LogP contribution in [0.25, 0.3) is 0 Å². The number of rotatable bonds is 1. The van der Waals surface area contributed by atoms with Gasteiger partial charge < -0.3 is 10.2 Å². The first kappa shape index (κ1) is 6.56. The molecule has 1 aromatic rings. The summed E-state index contributed by atoms with van der Waals surface area (Å²) in [7, 11) is 0. The van der Waals surface area contributed by atoms with E-state index in [9.17, 15) is 0 Å². The van der Waals surface area contributed by atoms with Gasteiger partial charge in [-0.25, -0.2) is 0 Å². The first-order valence-corrected chi connectivity index (χ1v) is 2.76. The van der Waals surface area contributed by atoms with Gasteiger partial charge in [0, 0.05) is 12.1 Å². The van der Waals surface area contributed by atoms with E-state index < -0.39 is 0 Å². The van der Waals surface area contributed by atoms with Crippen LogP contribution in [-0.4, -0.2) is 14.8 Å². The fraction of sp³-hybridized carbons (Fsp3) is 0.143. The summed E-state index contributed by atoms with van der Waals surface area (Å²) in [5, 5.41) is 17.9. The molecule has 0 aromatic carbocycles. The zero-order chi connectivity index (χ0) is 7.56. The van der Waals surface area contributed by atoms with Crippen molar-refractivity contribution in [1.82, 2.24) is 4.57 Å². The molecule has 0 atom stereocenters. The largest absolute Gasteiger partial charge is 0.494 e. The highest BCUT2D eigenvalue weighted by molar-refractivity contribution is 5.24. The Morgan fingerprint density at radius 1 is 1.40 bits per heavy atom. The second-order valence-electron chi connectivity index (χ2n) is 1.84. The Morgan fingerprint density at radius 3 is 2.30 bits per heavy atom. The zero-order valence-electron chi connectivity index (χ0n) is 5.28. The smallest absolute Gasteiger partial charge is 0.194 e. The monoisotopic (exact) mass is 137 g/mol. The van der Waals surface area contributed by atoms with Crippen molar-refractivity contribution in [1.29, 1.82) is 0 Å². The number of aromatic nitrogens is 1. The van der Waals surface area contributed by atoms with E-state index in [0.717, 1.165) is 0 Å². The minimum atomic E-state index is -0.0181. The summed E-state index contributed by atoms with van der Waals surface area (Å²) in [4.78, 5) is 0. The van der Waals surface area contributed by atoms with Crippen molar-refractivity contribution >= 4 is 0 Å². The van der Waals surface area contributed by atoms with E-state index in [1.54, 1.807) is 0 Å². The van der Waals surface area contributed by atoms with Gasteiger partial charge in [-0.05, 0) is 0 Å². The molecule has 2 N–H and O–H groups in total. The lowest BCUT2D eigenvalue weighted by atomic mass is 10.6. The Balaban J connectivity index is 3.01. The molecule has 0 bridgehead atoms. The first-order chi connectivity index (χ1) is 4.75. The number of terminal acetylenes is 1. The summed E-state index contributed by atoms with van der Waals surface area (Å²) in [6, 6.07) is 2.76. The van der Waals surface area contributed by atoms with E-state index in [2.05, 4.69) is 5.92 Å². The second-order valence-corrected chi connectivity index (χ2v) is 1.84. The van der Waals surface area contributed by atoms with Crippen LogP contribution in [0.15, 0.2) is 12.1 Å². The minimum Gasteiger partial charge on any atom is -0.494 e. The molecular formula is C7H7NO2. The predicted molar refractivity (Wildman–Crippen MR) is 36.6 cm³/mol. The van der Waals surface area contributed by atoms with Crippen LogP contribution < -0.4 is 0 Å². The Labute approximate surface area is 58.5 Å². The lowest BCUT2D eigenvalue weighted by Crippen LogP contribution is -1.92. The lowest BCUT2D eigenvalue weighted by molar-refractivity contribution is 0.380. The van der Waals surface area contributed by atoms with E-state index in [4.69, 9.17) is 16.6 Å². The van der Waals surface area contributed by atoms with Gasteiger partial charge in [0.1, 0.15) is 0 Å². The topological polar surface area (TPSA) is 45.4 Å². The molecule has 0 unspecified atom stereocenters. The van der Waals surface area contributed by atoms with Crippen LogP contribution in [0.3, 0.4) is 0 Å². The predicted octanol–water partition coefficient (Wildman–Crippen LogP) is 0.532. The molecule has 0 aliphatic heterocycles. The molecule has 1 aromatic heterocycles. The van der Waals surface area contributed by atoms with Gasteiger partial charge in [0.05, 0.1) is 6.54 Å². The van der Waals surface area contributed by atoms with Crippen molar-refractivity contribution in [2.24, 2.45) is 0 Å². The standard InChI is InChI=1S/C7H7NO2/c1-2-5-8-6(9)3-4-7(8)10/h1,3-4,9-10H,5H2. The lowest BCUT2D eigenvalue weighted by Gasteiger charge is -1.99. The van der Waals surface area contributed by atoms with Gasteiger partial charge in [-0.2, -0.15) is 0 Å². The van der Waals surface area contributed by atoms with Crippen LogP contribution in [0.4, 0.5) is 0 Å². The molecule has 0 spiro atoms. The van der Waals surface area contributed by atoms with E-state index in [0.29, 0.717) is 0 Å². The third-order valence-corrected chi connectivity index (χ3v) is 1.18. The highest BCUT2D eigenvalue weighted by Crippen LogP contribution is 2.19. The van der Waals surface area contributed by atoms with Crippen molar-refractivity contribution in [3.8, 4) is 24.1 Å². The molecule has 3 heteroatoms. The normalized spacial score (nSPS) is 9.10. The van der Waals surface area contributed by atoms with E-state index in [1.807, 2.05) is 0 Å². The summed E-state index contributed by atoms with van der Waals surface area (Å²) >= 11 is 0. The fourth-order valence-corrected chi connectivity index (χ4v) is 0.700. The number of aromatic hydroxyl groups is 2. The van der Waals surface area contributed by atoms with Gasteiger partial charge in [0.15, 0.2) is 11.8 Å². The molecule has 0 amide bonds. The minimum absolute atomic E-state index is 0.0181. The number of hydrogen-bond acceptors (Lipinski definition) is 2. The van der Waals surface area contributed by atoms with Crippen molar-refractivity contribution in [2.75, 3.05) is 0 Å². The highest BCUT2D eigenvalue weighted by atomic mass is 16.3. The molecular weight excluding hydrogens is 130 g/mol. The Morgan fingerprint density at radius 2 is 1.90 bits per heavy atom. The number of nitrogens with zero attached hydrogens (tertiary/aromatic N) is 1. The maximum absolute atomic E-state index is 8.97. The highest BCUT2D eigenvalue weighted by Gasteiger charge is 2.01. The van der Waals surface area contributed by atoms with Crippen molar-refractivity contribution < 1.29 is 10.2 Å². The molecule has 0 aliphatic carbocycles. The van der Waals surface area contributed by atoms with Crippen LogP contribution in [0.5, 0.6) is 11.8 Å². The quantitative estimate of drug-likeness (QED) is 0.554. The third kappa shape index (κ3) is 0.914. The van der Waals surface area contributed by atoms with Gasteiger partial charge in [-0.3, -0.25) is 4.57 Å². The Bertz CT molecular complexity index is 250. The summed E-state index contributed by atoms with van der Waals surface area (Å²) in [5.41, 5.74) is 0.